The number of hydrogen-bond acceptors (Lipinski definition) is 5. The molecular weight excluding hydrogens is 250 g/mol. The third-order valence-corrected chi connectivity index (χ3v) is 4.21. The fourth-order valence-electron chi connectivity index (χ4n) is 2.24. The van der Waals surface area contributed by atoms with Gasteiger partial charge in [0, 0.05) is 12.0 Å². The zero-order valence-electron chi connectivity index (χ0n) is 10.2. The Morgan fingerprint density at radius 1 is 1.28 bits per heavy atom. The molecule has 0 radical (unpaired) electrons. The van der Waals surface area contributed by atoms with Gasteiger partial charge in [0.1, 0.15) is 0 Å². The first-order valence-electron chi connectivity index (χ1n) is 6.57. The van der Waals surface area contributed by atoms with E-state index in [1.165, 1.54) is 24.6 Å². The molecule has 2 fully saturated rings. The van der Waals surface area contributed by atoms with Gasteiger partial charge in [0.2, 0.25) is 11.8 Å². The molecule has 6 heteroatoms. The molecule has 18 heavy (non-hydrogen) atoms. The normalized spacial score (nSPS) is 20.2. The standard InChI is InChI=1S/C12H17N3O2S/c16-10(13-9-3-1-2-4-9)7-18-12-15-14-11(17-12)8-5-6-8/h8-9H,1-7H2,(H,13,16). The van der Waals surface area contributed by atoms with Crippen molar-refractivity contribution in [1.29, 1.82) is 0 Å². The van der Waals surface area contributed by atoms with Gasteiger partial charge < -0.3 is 9.73 Å². The summed E-state index contributed by atoms with van der Waals surface area (Å²) in [7, 11) is 0. The molecule has 0 bridgehead atoms. The Hall–Kier alpha value is -1.04. The lowest BCUT2D eigenvalue weighted by atomic mass is 10.2. The monoisotopic (exact) mass is 267 g/mol. The maximum absolute atomic E-state index is 11.7. The second kappa shape index (κ2) is 5.30. The first-order chi connectivity index (χ1) is 8.81. The van der Waals surface area contributed by atoms with E-state index in [0.29, 0.717) is 22.9 Å². The van der Waals surface area contributed by atoms with Gasteiger partial charge >= 0.3 is 0 Å². The van der Waals surface area contributed by atoms with E-state index >= 15 is 0 Å². The van der Waals surface area contributed by atoms with E-state index in [2.05, 4.69) is 15.5 Å². The molecule has 98 valence electrons. The molecular formula is C12H17N3O2S. The predicted molar refractivity (Wildman–Crippen MR) is 67.4 cm³/mol. The molecule has 0 aliphatic heterocycles. The Kier molecular flexibility index (Phi) is 3.54. The van der Waals surface area contributed by atoms with Crippen molar-refractivity contribution in [2.45, 2.75) is 55.7 Å². The number of amides is 1. The topological polar surface area (TPSA) is 68.0 Å². The fourth-order valence-corrected chi connectivity index (χ4v) is 2.82. The van der Waals surface area contributed by atoms with E-state index in [0.717, 1.165) is 31.6 Å². The third-order valence-electron chi connectivity index (χ3n) is 3.40. The zero-order chi connectivity index (χ0) is 12.4. The van der Waals surface area contributed by atoms with Gasteiger partial charge in [-0.1, -0.05) is 24.6 Å². The van der Waals surface area contributed by atoms with Gasteiger partial charge in [-0.25, -0.2) is 0 Å². The third kappa shape index (κ3) is 3.04. The van der Waals surface area contributed by atoms with Gasteiger partial charge in [0.25, 0.3) is 5.22 Å². The Morgan fingerprint density at radius 2 is 2.06 bits per heavy atom. The van der Waals surface area contributed by atoms with Crippen LogP contribution in [0.1, 0.15) is 50.3 Å². The van der Waals surface area contributed by atoms with Crippen LogP contribution in [-0.2, 0) is 4.79 Å². The summed E-state index contributed by atoms with van der Waals surface area (Å²) in [5, 5.41) is 11.5. The lowest BCUT2D eigenvalue weighted by Crippen LogP contribution is -2.33. The Bertz CT molecular complexity index is 425. The minimum atomic E-state index is 0.0677. The van der Waals surface area contributed by atoms with Crippen molar-refractivity contribution in [1.82, 2.24) is 15.5 Å². The maximum Gasteiger partial charge on any atom is 0.277 e. The molecule has 2 aliphatic carbocycles. The zero-order valence-corrected chi connectivity index (χ0v) is 11.0. The highest BCUT2D eigenvalue weighted by atomic mass is 32.2. The molecule has 1 heterocycles. The lowest BCUT2D eigenvalue weighted by Gasteiger charge is -2.10. The minimum absolute atomic E-state index is 0.0677. The molecule has 2 saturated carbocycles. The van der Waals surface area contributed by atoms with Gasteiger partial charge in [-0.15, -0.1) is 10.2 Å². The second-order valence-corrected chi connectivity index (χ2v) is 5.94. The number of rotatable bonds is 5. The van der Waals surface area contributed by atoms with Crippen LogP contribution in [0.15, 0.2) is 9.64 Å². The van der Waals surface area contributed by atoms with Crippen LogP contribution < -0.4 is 5.32 Å². The van der Waals surface area contributed by atoms with Crippen molar-refractivity contribution in [2.75, 3.05) is 5.75 Å². The van der Waals surface area contributed by atoms with Gasteiger partial charge in [0.05, 0.1) is 5.75 Å². The van der Waals surface area contributed by atoms with E-state index in [4.69, 9.17) is 4.42 Å². The van der Waals surface area contributed by atoms with Crippen molar-refractivity contribution >= 4 is 17.7 Å². The number of aromatic nitrogens is 2. The average molecular weight is 267 g/mol. The molecule has 0 aromatic carbocycles. The number of nitrogens with zero attached hydrogens (tertiary/aromatic N) is 2. The number of thioether (sulfide) groups is 1. The van der Waals surface area contributed by atoms with E-state index in [9.17, 15) is 4.79 Å². The summed E-state index contributed by atoms with van der Waals surface area (Å²) in [4.78, 5) is 11.7. The van der Waals surface area contributed by atoms with Crippen LogP contribution in [0, 0.1) is 0 Å². The highest BCUT2D eigenvalue weighted by molar-refractivity contribution is 7.99. The first kappa shape index (κ1) is 12.0. The quantitative estimate of drug-likeness (QED) is 0.827. The van der Waals surface area contributed by atoms with Gasteiger partial charge in [-0.05, 0) is 25.7 Å². The van der Waals surface area contributed by atoms with Crippen LogP contribution in [0.2, 0.25) is 0 Å². The Morgan fingerprint density at radius 3 is 2.78 bits per heavy atom. The number of carbonyl (C=O) groups excluding carboxylic acids is 1. The summed E-state index contributed by atoms with van der Waals surface area (Å²) in [6, 6.07) is 0.378. The highest BCUT2D eigenvalue weighted by Gasteiger charge is 2.29. The van der Waals surface area contributed by atoms with Gasteiger partial charge in [-0.3, -0.25) is 4.79 Å². The van der Waals surface area contributed by atoms with Crippen molar-refractivity contribution in [3.63, 3.8) is 0 Å². The van der Waals surface area contributed by atoms with Gasteiger partial charge in [0.15, 0.2) is 0 Å². The number of hydrogen-bond donors (Lipinski definition) is 1. The van der Waals surface area contributed by atoms with E-state index in [1.807, 2.05) is 0 Å². The van der Waals surface area contributed by atoms with Crippen molar-refractivity contribution < 1.29 is 9.21 Å². The summed E-state index contributed by atoms with van der Waals surface area (Å²) in [6.07, 6.45) is 6.98. The van der Waals surface area contributed by atoms with Crippen molar-refractivity contribution in [2.24, 2.45) is 0 Å². The van der Waals surface area contributed by atoms with Crippen molar-refractivity contribution in [3.05, 3.63) is 5.89 Å². The highest BCUT2D eigenvalue weighted by Crippen LogP contribution is 2.39. The smallest absolute Gasteiger partial charge is 0.277 e. The predicted octanol–water partition coefficient (Wildman–Crippen LogP) is 2.10. The van der Waals surface area contributed by atoms with Crippen LogP contribution in [0.25, 0.3) is 0 Å². The molecule has 5 nitrogen and oxygen atoms in total. The van der Waals surface area contributed by atoms with Crippen LogP contribution >= 0.6 is 11.8 Å². The SMILES string of the molecule is O=C(CSc1nnc(C2CC2)o1)NC1CCCC1. The minimum Gasteiger partial charge on any atom is -0.416 e. The summed E-state index contributed by atoms with van der Waals surface area (Å²) < 4.78 is 5.49. The first-order valence-corrected chi connectivity index (χ1v) is 7.55. The van der Waals surface area contributed by atoms with E-state index in [-0.39, 0.29) is 5.91 Å². The lowest BCUT2D eigenvalue weighted by molar-refractivity contribution is -0.119. The molecule has 3 rings (SSSR count). The average Bonchev–Trinajstić information content (AvgIpc) is 2.90. The van der Waals surface area contributed by atoms with Crippen LogP contribution in [0.4, 0.5) is 0 Å². The van der Waals surface area contributed by atoms with E-state index in [1.54, 1.807) is 0 Å². The molecule has 1 aromatic heterocycles. The number of nitrogens with one attached hydrogen (secondary N) is 1. The molecule has 1 amide bonds. The Balaban J connectivity index is 1.43. The van der Waals surface area contributed by atoms with Gasteiger partial charge in [-0.2, -0.15) is 0 Å². The maximum atomic E-state index is 11.7. The van der Waals surface area contributed by atoms with E-state index < -0.39 is 0 Å². The van der Waals surface area contributed by atoms with Crippen LogP contribution in [-0.4, -0.2) is 27.9 Å². The second-order valence-electron chi connectivity index (χ2n) is 5.02. The fraction of sp³-hybridized carbons (Fsp3) is 0.750. The molecule has 1 aromatic rings. The molecule has 1 N–H and O–H groups in total. The summed E-state index contributed by atoms with van der Waals surface area (Å²) in [5.41, 5.74) is 0. The summed E-state index contributed by atoms with van der Waals surface area (Å²) in [5.74, 6) is 1.63. The Labute approximate surface area is 110 Å². The molecule has 0 atom stereocenters. The molecule has 0 unspecified atom stereocenters. The summed E-state index contributed by atoms with van der Waals surface area (Å²) in [6.45, 7) is 0. The summed E-state index contributed by atoms with van der Waals surface area (Å²) >= 11 is 1.33. The van der Waals surface area contributed by atoms with Crippen LogP contribution in [0.3, 0.4) is 0 Å². The van der Waals surface area contributed by atoms with Crippen LogP contribution in [0.5, 0.6) is 0 Å². The number of carbonyl (C=O) groups is 1. The molecule has 2 aliphatic rings. The molecule has 0 spiro atoms. The largest absolute Gasteiger partial charge is 0.416 e. The molecule has 0 saturated heterocycles. The van der Waals surface area contributed by atoms with Crippen molar-refractivity contribution in [3.8, 4) is 0 Å².